The predicted molar refractivity (Wildman–Crippen MR) is 72.0 cm³/mol. The molecule has 2 unspecified atom stereocenters. The maximum absolute atomic E-state index is 11.0. The molecule has 1 saturated heterocycles. The van der Waals surface area contributed by atoms with Gasteiger partial charge in [-0.1, -0.05) is 19.1 Å². The molecule has 4 N–H and O–H groups in total. The van der Waals surface area contributed by atoms with Gasteiger partial charge in [-0.15, -0.1) is 0 Å². The van der Waals surface area contributed by atoms with E-state index in [4.69, 9.17) is 11.5 Å². The lowest BCUT2D eigenvalue weighted by molar-refractivity contribution is 0.100. The highest BCUT2D eigenvalue weighted by atomic mass is 16.1. The topological polar surface area (TPSA) is 72.3 Å². The van der Waals surface area contributed by atoms with Crippen molar-refractivity contribution in [1.82, 2.24) is 4.90 Å². The molecule has 0 radical (unpaired) electrons. The zero-order valence-corrected chi connectivity index (χ0v) is 10.8. The van der Waals surface area contributed by atoms with Crippen LogP contribution in [0.1, 0.15) is 29.3 Å². The summed E-state index contributed by atoms with van der Waals surface area (Å²) in [7, 11) is 0. The molecular formula is C14H21N3O. The van der Waals surface area contributed by atoms with Crippen molar-refractivity contribution < 1.29 is 4.79 Å². The van der Waals surface area contributed by atoms with Gasteiger partial charge in [0.15, 0.2) is 0 Å². The Kier molecular flexibility index (Phi) is 3.99. The Bertz CT molecular complexity index is 416. The van der Waals surface area contributed by atoms with E-state index in [1.807, 2.05) is 12.1 Å². The molecule has 0 spiro atoms. The molecule has 1 aliphatic rings. The molecule has 1 amide bonds. The van der Waals surface area contributed by atoms with E-state index in [2.05, 4.69) is 11.8 Å². The van der Waals surface area contributed by atoms with Crippen molar-refractivity contribution in [3.05, 3.63) is 35.4 Å². The molecule has 4 heteroatoms. The van der Waals surface area contributed by atoms with Crippen molar-refractivity contribution in [1.29, 1.82) is 0 Å². The Balaban J connectivity index is 1.95. The summed E-state index contributed by atoms with van der Waals surface area (Å²) >= 11 is 0. The number of likely N-dealkylation sites (tertiary alicyclic amines) is 1. The second-order valence-corrected chi connectivity index (χ2v) is 5.23. The SMILES string of the molecule is CC1CCN(Cc2ccc(C(N)=O)cc2)CC1N. The number of rotatable bonds is 3. The Hall–Kier alpha value is -1.39. The van der Waals surface area contributed by atoms with Crippen LogP contribution in [0.2, 0.25) is 0 Å². The highest BCUT2D eigenvalue weighted by molar-refractivity contribution is 5.92. The van der Waals surface area contributed by atoms with Crippen molar-refractivity contribution in [3.63, 3.8) is 0 Å². The minimum absolute atomic E-state index is 0.267. The number of piperidine rings is 1. The molecule has 0 aromatic heterocycles. The smallest absolute Gasteiger partial charge is 0.248 e. The number of hydrogen-bond donors (Lipinski definition) is 2. The second kappa shape index (κ2) is 5.50. The van der Waals surface area contributed by atoms with E-state index in [0.29, 0.717) is 11.5 Å². The molecule has 1 heterocycles. The van der Waals surface area contributed by atoms with E-state index in [1.165, 1.54) is 5.56 Å². The average Bonchev–Trinajstić information content (AvgIpc) is 2.34. The zero-order chi connectivity index (χ0) is 13.1. The lowest BCUT2D eigenvalue weighted by Crippen LogP contribution is -2.47. The average molecular weight is 247 g/mol. The Morgan fingerprint density at radius 1 is 1.39 bits per heavy atom. The first-order valence-electron chi connectivity index (χ1n) is 6.43. The number of primary amides is 1. The summed E-state index contributed by atoms with van der Waals surface area (Å²) in [4.78, 5) is 13.3. The Labute approximate surface area is 108 Å². The number of amides is 1. The van der Waals surface area contributed by atoms with E-state index in [9.17, 15) is 4.79 Å². The molecule has 0 bridgehead atoms. The third-order valence-corrected chi connectivity index (χ3v) is 3.75. The van der Waals surface area contributed by atoms with Gasteiger partial charge in [0.2, 0.25) is 5.91 Å². The molecule has 0 saturated carbocycles. The maximum Gasteiger partial charge on any atom is 0.248 e. The molecular weight excluding hydrogens is 226 g/mol. The van der Waals surface area contributed by atoms with Crippen molar-refractivity contribution >= 4 is 5.91 Å². The van der Waals surface area contributed by atoms with E-state index in [0.717, 1.165) is 26.1 Å². The summed E-state index contributed by atoms with van der Waals surface area (Å²) in [5.74, 6) is 0.230. The molecule has 1 aromatic rings. The molecule has 2 atom stereocenters. The number of carbonyl (C=O) groups is 1. The van der Waals surface area contributed by atoms with Crippen molar-refractivity contribution in [2.24, 2.45) is 17.4 Å². The van der Waals surface area contributed by atoms with Crippen LogP contribution in [0.15, 0.2) is 24.3 Å². The van der Waals surface area contributed by atoms with E-state index < -0.39 is 0 Å². The van der Waals surface area contributed by atoms with E-state index >= 15 is 0 Å². The lowest BCUT2D eigenvalue weighted by atomic mass is 9.94. The standard InChI is InChI=1S/C14H21N3O/c1-10-6-7-17(9-13(10)15)8-11-2-4-12(5-3-11)14(16)18/h2-5,10,13H,6-9,15H2,1H3,(H2,16,18). The van der Waals surface area contributed by atoms with Gasteiger partial charge >= 0.3 is 0 Å². The summed E-state index contributed by atoms with van der Waals surface area (Å²) < 4.78 is 0. The quantitative estimate of drug-likeness (QED) is 0.835. The normalized spacial score (nSPS) is 25.0. The molecule has 1 aliphatic heterocycles. The number of carbonyl (C=O) groups excluding carboxylic acids is 1. The number of benzene rings is 1. The first-order valence-corrected chi connectivity index (χ1v) is 6.43. The van der Waals surface area contributed by atoms with Crippen LogP contribution in [-0.2, 0) is 6.54 Å². The highest BCUT2D eigenvalue weighted by Crippen LogP contribution is 2.17. The third kappa shape index (κ3) is 3.09. The van der Waals surface area contributed by atoms with Gasteiger partial charge in [-0.25, -0.2) is 0 Å². The minimum atomic E-state index is -0.379. The fourth-order valence-electron chi connectivity index (χ4n) is 2.35. The molecule has 0 aliphatic carbocycles. The summed E-state index contributed by atoms with van der Waals surface area (Å²) in [6, 6.07) is 7.75. The summed E-state index contributed by atoms with van der Waals surface area (Å²) in [6.45, 7) is 5.13. The minimum Gasteiger partial charge on any atom is -0.366 e. The first-order chi connectivity index (χ1) is 8.56. The van der Waals surface area contributed by atoms with Gasteiger partial charge < -0.3 is 11.5 Å². The first kappa shape index (κ1) is 13.1. The molecule has 98 valence electrons. The van der Waals surface area contributed by atoms with Gasteiger partial charge in [0.1, 0.15) is 0 Å². The van der Waals surface area contributed by atoms with Crippen LogP contribution in [0.3, 0.4) is 0 Å². The molecule has 18 heavy (non-hydrogen) atoms. The van der Waals surface area contributed by atoms with Gasteiger partial charge in [0, 0.05) is 24.7 Å². The van der Waals surface area contributed by atoms with Crippen molar-refractivity contribution in [2.75, 3.05) is 13.1 Å². The van der Waals surface area contributed by atoms with Gasteiger partial charge in [-0.2, -0.15) is 0 Å². The van der Waals surface area contributed by atoms with E-state index in [-0.39, 0.29) is 11.9 Å². The Morgan fingerprint density at radius 2 is 2.06 bits per heavy atom. The van der Waals surface area contributed by atoms with Crippen molar-refractivity contribution in [3.8, 4) is 0 Å². The zero-order valence-electron chi connectivity index (χ0n) is 10.8. The number of nitrogens with zero attached hydrogens (tertiary/aromatic N) is 1. The molecule has 2 rings (SSSR count). The predicted octanol–water partition coefficient (Wildman–Crippen LogP) is 0.955. The highest BCUT2D eigenvalue weighted by Gasteiger charge is 2.22. The largest absolute Gasteiger partial charge is 0.366 e. The Morgan fingerprint density at radius 3 is 2.61 bits per heavy atom. The van der Waals surface area contributed by atoms with Gasteiger partial charge in [-0.05, 0) is 36.6 Å². The van der Waals surface area contributed by atoms with Crippen LogP contribution >= 0.6 is 0 Å². The summed E-state index contributed by atoms with van der Waals surface area (Å²) in [5, 5.41) is 0. The fourth-order valence-corrected chi connectivity index (χ4v) is 2.35. The monoisotopic (exact) mass is 247 g/mol. The van der Waals surface area contributed by atoms with E-state index in [1.54, 1.807) is 12.1 Å². The maximum atomic E-state index is 11.0. The van der Waals surface area contributed by atoms with Crippen LogP contribution in [0.4, 0.5) is 0 Å². The van der Waals surface area contributed by atoms with Crippen LogP contribution < -0.4 is 11.5 Å². The molecule has 4 nitrogen and oxygen atoms in total. The van der Waals surface area contributed by atoms with Gasteiger partial charge in [-0.3, -0.25) is 9.69 Å². The summed E-state index contributed by atoms with van der Waals surface area (Å²) in [5.41, 5.74) is 13.1. The lowest BCUT2D eigenvalue weighted by Gasteiger charge is -2.35. The van der Waals surface area contributed by atoms with Crippen molar-refractivity contribution in [2.45, 2.75) is 25.9 Å². The van der Waals surface area contributed by atoms with Gasteiger partial charge in [0.05, 0.1) is 0 Å². The summed E-state index contributed by atoms with van der Waals surface area (Å²) in [6.07, 6.45) is 1.15. The number of nitrogens with two attached hydrogens (primary N) is 2. The third-order valence-electron chi connectivity index (χ3n) is 3.75. The van der Waals surface area contributed by atoms with Gasteiger partial charge in [0.25, 0.3) is 0 Å². The van der Waals surface area contributed by atoms with Crippen LogP contribution in [0, 0.1) is 5.92 Å². The van der Waals surface area contributed by atoms with Crippen LogP contribution in [-0.4, -0.2) is 29.9 Å². The van der Waals surface area contributed by atoms with Crippen LogP contribution in [0.25, 0.3) is 0 Å². The fraction of sp³-hybridized carbons (Fsp3) is 0.500. The van der Waals surface area contributed by atoms with Crippen LogP contribution in [0.5, 0.6) is 0 Å². The number of hydrogen-bond acceptors (Lipinski definition) is 3. The second-order valence-electron chi connectivity index (χ2n) is 5.23. The molecule has 1 aromatic carbocycles. The molecule has 1 fully saturated rings.